The Hall–Kier alpha value is -2.62. The minimum Gasteiger partial charge on any atom is -0.469 e. The SMILES string of the molecule is O=C(CCc1ccco1)Cn1cc(C(=O)C2CC2)c2ccccc21. The molecule has 1 aromatic carbocycles. The first kappa shape index (κ1) is 14.9. The van der Waals surface area contributed by atoms with E-state index in [2.05, 4.69) is 0 Å². The fraction of sp³-hybridized carbons (Fsp3) is 0.300. The molecular weight excluding hydrogens is 302 g/mol. The summed E-state index contributed by atoms with van der Waals surface area (Å²) < 4.78 is 7.18. The zero-order chi connectivity index (χ0) is 16.5. The van der Waals surface area contributed by atoms with Crippen molar-refractivity contribution in [3.8, 4) is 0 Å². The molecule has 2 heterocycles. The molecule has 24 heavy (non-hydrogen) atoms. The maximum absolute atomic E-state index is 12.5. The van der Waals surface area contributed by atoms with Crippen LogP contribution >= 0.6 is 0 Å². The highest BCUT2D eigenvalue weighted by molar-refractivity contribution is 6.10. The maximum Gasteiger partial charge on any atom is 0.168 e. The number of ketones is 2. The van der Waals surface area contributed by atoms with Gasteiger partial charge in [0.1, 0.15) is 5.76 Å². The monoisotopic (exact) mass is 321 g/mol. The van der Waals surface area contributed by atoms with E-state index in [1.807, 2.05) is 47.2 Å². The highest BCUT2D eigenvalue weighted by Crippen LogP contribution is 2.35. The van der Waals surface area contributed by atoms with Gasteiger partial charge in [-0.1, -0.05) is 18.2 Å². The van der Waals surface area contributed by atoms with Crippen LogP contribution in [0, 0.1) is 5.92 Å². The molecule has 4 heteroatoms. The molecule has 4 rings (SSSR count). The molecule has 0 saturated heterocycles. The summed E-state index contributed by atoms with van der Waals surface area (Å²) in [6, 6.07) is 11.5. The molecule has 0 unspecified atom stereocenters. The number of fused-ring (bicyclic) bond motifs is 1. The molecule has 0 spiro atoms. The number of hydrogen-bond donors (Lipinski definition) is 0. The summed E-state index contributed by atoms with van der Waals surface area (Å²) >= 11 is 0. The molecule has 0 atom stereocenters. The van der Waals surface area contributed by atoms with Crippen LogP contribution in [0.4, 0.5) is 0 Å². The van der Waals surface area contributed by atoms with E-state index in [1.54, 1.807) is 6.26 Å². The van der Waals surface area contributed by atoms with Crippen LogP contribution in [0.1, 0.15) is 35.4 Å². The third-order valence-corrected chi connectivity index (χ3v) is 4.58. The predicted octanol–water partition coefficient (Wildman–Crippen LogP) is 4.03. The lowest BCUT2D eigenvalue weighted by Crippen LogP contribution is -2.10. The third-order valence-electron chi connectivity index (χ3n) is 4.58. The Labute approximate surface area is 140 Å². The topological polar surface area (TPSA) is 52.2 Å². The van der Waals surface area contributed by atoms with E-state index >= 15 is 0 Å². The largest absolute Gasteiger partial charge is 0.469 e. The fourth-order valence-electron chi connectivity index (χ4n) is 3.13. The minimum absolute atomic E-state index is 0.137. The van der Waals surface area contributed by atoms with Gasteiger partial charge < -0.3 is 8.98 Å². The minimum atomic E-state index is 0.137. The van der Waals surface area contributed by atoms with E-state index in [-0.39, 0.29) is 17.5 Å². The molecular formula is C20H19NO3. The van der Waals surface area contributed by atoms with Crippen molar-refractivity contribution in [1.82, 2.24) is 4.57 Å². The van der Waals surface area contributed by atoms with Gasteiger partial charge in [-0.25, -0.2) is 0 Å². The van der Waals surface area contributed by atoms with Gasteiger partial charge in [0.15, 0.2) is 11.6 Å². The van der Waals surface area contributed by atoms with Crippen LogP contribution in [0.15, 0.2) is 53.3 Å². The van der Waals surface area contributed by atoms with E-state index in [4.69, 9.17) is 4.42 Å². The second-order valence-electron chi connectivity index (χ2n) is 6.44. The Balaban J connectivity index is 1.55. The lowest BCUT2D eigenvalue weighted by atomic mass is 10.1. The summed E-state index contributed by atoms with van der Waals surface area (Å²) in [5.74, 6) is 1.36. The molecule has 0 bridgehead atoms. The van der Waals surface area contributed by atoms with Crippen molar-refractivity contribution in [1.29, 1.82) is 0 Å². The first-order valence-corrected chi connectivity index (χ1v) is 8.38. The van der Waals surface area contributed by atoms with Crippen molar-refractivity contribution < 1.29 is 14.0 Å². The van der Waals surface area contributed by atoms with E-state index < -0.39 is 0 Å². The lowest BCUT2D eigenvalue weighted by Gasteiger charge is -2.04. The number of aryl methyl sites for hydroxylation is 1. The number of benzene rings is 1. The van der Waals surface area contributed by atoms with Crippen molar-refractivity contribution >= 4 is 22.5 Å². The van der Waals surface area contributed by atoms with Crippen LogP contribution in [0.5, 0.6) is 0 Å². The molecule has 4 nitrogen and oxygen atoms in total. The number of carbonyl (C=O) groups is 2. The maximum atomic E-state index is 12.5. The van der Waals surface area contributed by atoms with Crippen LogP contribution in [-0.4, -0.2) is 16.1 Å². The molecule has 1 aliphatic carbocycles. The summed E-state index contributed by atoms with van der Waals surface area (Å²) in [6.07, 6.45) is 6.50. The lowest BCUT2D eigenvalue weighted by molar-refractivity contribution is -0.119. The molecule has 0 aliphatic heterocycles. The first-order chi connectivity index (χ1) is 11.7. The molecule has 3 aromatic rings. The van der Waals surface area contributed by atoms with E-state index in [0.717, 1.165) is 35.1 Å². The van der Waals surface area contributed by atoms with Crippen molar-refractivity contribution in [3.05, 3.63) is 60.2 Å². The standard InChI is InChI=1S/C20H19NO3/c22-15(9-10-16-4-3-11-24-16)12-21-13-18(20(23)14-7-8-14)17-5-1-2-6-19(17)21/h1-6,11,13-14H,7-10,12H2. The second-order valence-corrected chi connectivity index (χ2v) is 6.44. The number of nitrogens with zero attached hydrogens (tertiary/aromatic N) is 1. The number of furan rings is 1. The molecule has 1 saturated carbocycles. The number of hydrogen-bond acceptors (Lipinski definition) is 3. The highest BCUT2D eigenvalue weighted by Gasteiger charge is 2.32. The van der Waals surface area contributed by atoms with Crippen LogP contribution in [0.25, 0.3) is 10.9 Å². The Kier molecular flexibility index (Phi) is 3.81. The van der Waals surface area contributed by atoms with Gasteiger partial charge in [0.2, 0.25) is 0 Å². The third kappa shape index (κ3) is 2.92. The number of aromatic nitrogens is 1. The smallest absolute Gasteiger partial charge is 0.168 e. The van der Waals surface area contributed by atoms with Gasteiger partial charge in [-0.05, 0) is 31.0 Å². The van der Waals surface area contributed by atoms with E-state index in [1.165, 1.54) is 0 Å². The number of para-hydroxylation sites is 1. The van der Waals surface area contributed by atoms with Gasteiger partial charge in [0.05, 0.1) is 12.8 Å². The van der Waals surface area contributed by atoms with E-state index in [0.29, 0.717) is 19.4 Å². The first-order valence-electron chi connectivity index (χ1n) is 8.38. The Morgan fingerprint density at radius 3 is 2.71 bits per heavy atom. The summed E-state index contributed by atoms with van der Waals surface area (Å²) in [4.78, 5) is 24.8. The van der Waals surface area contributed by atoms with Crippen LogP contribution in [0.3, 0.4) is 0 Å². The van der Waals surface area contributed by atoms with Crippen molar-refractivity contribution in [2.24, 2.45) is 5.92 Å². The predicted molar refractivity (Wildman–Crippen MR) is 91.0 cm³/mol. The average molecular weight is 321 g/mol. The number of Topliss-reactive ketones (excluding diaryl/α,β-unsaturated/α-hetero) is 2. The fourth-order valence-corrected chi connectivity index (χ4v) is 3.13. The Morgan fingerprint density at radius 1 is 1.12 bits per heavy atom. The molecule has 0 N–H and O–H groups in total. The van der Waals surface area contributed by atoms with Gasteiger partial charge in [0.25, 0.3) is 0 Å². The van der Waals surface area contributed by atoms with Crippen LogP contribution in [-0.2, 0) is 17.8 Å². The highest BCUT2D eigenvalue weighted by atomic mass is 16.3. The average Bonchev–Trinajstić information content (AvgIpc) is 3.20. The molecule has 2 aromatic heterocycles. The zero-order valence-corrected chi connectivity index (χ0v) is 13.4. The number of rotatable bonds is 7. The molecule has 1 fully saturated rings. The van der Waals surface area contributed by atoms with Gasteiger partial charge in [-0.3, -0.25) is 9.59 Å². The molecule has 0 amide bonds. The second kappa shape index (κ2) is 6.11. The van der Waals surface area contributed by atoms with Crippen molar-refractivity contribution in [2.75, 3.05) is 0 Å². The molecule has 122 valence electrons. The Bertz CT molecular complexity index is 885. The summed E-state index contributed by atoms with van der Waals surface area (Å²) in [5, 5.41) is 0.952. The summed E-state index contributed by atoms with van der Waals surface area (Å²) in [7, 11) is 0. The summed E-state index contributed by atoms with van der Waals surface area (Å²) in [5.41, 5.74) is 1.71. The van der Waals surface area contributed by atoms with Crippen molar-refractivity contribution in [3.63, 3.8) is 0 Å². The summed E-state index contributed by atoms with van der Waals surface area (Å²) in [6.45, 7) is 0.291. The van der Waals surface area contributed by atoms with Crippen molar-refractivity contribution in [2.45, 2.75) is 32.2 Å². The number of carbonyl (C=O) groups excluding carboxylic acids is 2. The van der Waals surface area contributed by atoms with Crippen LogP contribution in [0.2, 0.25) is 0 Å². The van der Waals surface area contributed by atoms with Gasteiger partial charge in [0, 0.05) is 41.4 Å². The Morgan fingerprint density at radius 2 is 1.96 bits per heavy atom. The van der Waals surface area contributed by atoms with Crippen LogP contribution < -0.4 is 0 Å². The quantitative estimate of drug-likeness (QED) is 0.617. The molecule has 1 aliphatic rings. The normalized spacial score (nSPS) is 14.2. The van der Waals surface area contributed by atoms with Gasteiger partial charge in [-0.15, -0.1) is 0 Å². The van der Waals surface area contributed by atoms with Gasteiger partial charge in [-0.2, -0.15) is 0 Å². The molecule has 0 radical (unpaired) electrons. The van der Waals surface area contributed by atoms with E-state index in [9.17, 15) is 9.59 Å². The van der Waals surface area contributed by atoms with Gasteiger partial charge >= 0.3 is 0 Å². The zero-order valence-electron chi connectivity index (χ0n) is 13.4.